The van der Waals surface area contributed by atoms with E-state index in [1.165, 1.54) is 0 Å². The number of amides is 3. The van der Waals surface area contributed by atoms with Crippen LogP contribution in [0.3, 0.4) is 0 Å². The van der Waals surface area contributed by atoms with Gasteiger partial charge in [-0.25, -0.2) is 0 Å². The Morgan fingerprint density at radius 3 is 2.38 bits per heavy atom. The third-order valence-corrected chi connectivity index (χ3v) is 7.69. The molecule has 1 saturated heterocycles. The van der Waals surface area contributed by atoms with Crippen LogP contribution < -0.4 is 16.0 Å². The highest BCUT2D eigenvalue weighted by Gasteiger charge is 2.37. The number of nitrogens with one attached hydrogen (secondary N) is 3. The second kappa shape index (κ2) is 17.2. The van der Waals surface area contributed by atoms with E-state index in [1.807, 2.05) is 32.0 Å². The number of nitrogens with zero attached hydrogens (tertiary/aromatic N) is 1. The van der Waals surface area contributed by atoms with Crippen molar-refractivity contribution < 1.29 is 14.4 Å². The van der Waals surface area contributed by atoms with E-state index in [-0.39, 0.29) is 36.0 Å². The van der Waals surface area contributed by atoms with Crippen molar-refractivity contribution in [1.29, 1.82) is 0 Å². The van der Waals surface area contributed by atoms with Gasteiger partial charge in [-0.15, -0.1) is 12.4 Å². The minimum absolute atomic E-state index is 0. The molecule has 1 aliphatic heterocycles. The maximum atomic E-state index is 13.5. The number of halogens is 1. The van der Waals surface area contributed by atoms with Crippen LogP contribution in [-0.2, 0) is 20.8 Å². The molecule has 222 valence electrons. The third kappa shape index (κ3) is 9.77. The highest BCUT2D eigenvalue weighted by Crippen LogP contribution is 2.23. The molecule has 3 rings (SSSR count). The highest BCUT2D eigenvalue weighted by atomic mass is 35.5. The second-order valence-electron chi connectivity index (χ2n) is 11.2. The third-order valence-electron chi connectivity index (χ3n) is 7.69. The Labute approximate surface area is 246 Å². The quantitative estimate of drug-likeness (QED) is 0.266. The lowest BCUT2D eigenvalue weighted by atomic mass is 10.00. The Kier molecular flexibility index (Phi) is 14.5. The Bertz CT molecular complexity index is 1090. The van der Waals surface area contributed by atoms with Gasteiger partial charge in [0.1, 0.15) is 12.1 Å². The molecular formula is C32H49ClN4O3. The van der Waals surface area contributed by atoms with Crippen molar-refractivity contribution in [2.24, 2.45) is 11.8 Å². The molecule has 7 nitrogen and oxygen atoms in total. The molecule has 0 aromatic heterocycles. The summed E-state index contributed by atoms with van der Waals surface area (Å²) >= 11 is 0. The smallest absolute Gasteiger partial charge is 0.243 e. The fourth-order valence-corrected chi connectivity index (χ4v) is 5.35. The van der Waals surface area contributed by atoms with Gasteiger partial charge in [0.05, 0.1) is 0 Å². The predicted molar refractivity (Wildman–Crippen MR) is 166 cm³/mol. The van der Waals surface area contributed by atoms with Crippen LogP contribution in [0.5, 0.6) is 0 Å². The fourth-order valence-electron chi connectivity index (χ4n) is 5.35. The average Bonchev–Trinajstić information content (AvgIpc) is 3.43. The second-order valence-corrected chi connectivity index (χ2v) is 11.2. The van der Waals surface area contributed by atoms with Gasteiger partial charge >= 0.3 is 0 Å². The standard InChI is InChI=1S/C32H48N4O3.ClH/c1-5-25(6-2)32(39)36-19-11-14-29(36)31(38)35-28(30(37)34-18-10-9-17-33-22-23(3)4)21-24-15-16-26-12-7-8-13-27(26)20-24;/h7-8,12-13,15-16,20,23,25,28-29,33H,5-6,9-11,14,17-19,21-22H2,1-4H3,(H,34,37)(H,35,38);1H/t28-,29?;/m1./s1. The zero-order valence-electron chi connectivity index (χ0n) is 24.7. The largest absolute Gasteiger partial charge is 0.354 e. The van der Waals surface area contributed by atoms with Crippen LogP contribution in [0, 0.1) is 11.8 Å². The normalized spacial score (nSPS) is 15.8. The van der Waals surface area contributed by atoms with E-state index in [0.717, 1.165) is 61.5 Å². The average molecular weight is 573 g/mol. The lowest BCUT2D eigenvalue weighted by Crippen LogP contribution is -2.54. The molecule has 40 heavy (non-hydrogen) atoms. The summed E-state index contributed by atoms with van der Waals surface area (Å²) in [6.45, 7) is 11.5. The van der Waals surface area contributed by atoms with E-state index in [4.69, 9.17) is 0 Å². The Morgan fingerprint density at radius 2 is 1.68 bits per heavy atom. The number of carbonyl (C=O) groups is 3. The van der Waals surface area contributed by atoms with Gasteiger partial charge < -0.3 is 20.9 Å². The first-order valence-electron chi connectivity index (χ1n) is 14.9. The topological polar surface area (TPSA) is 90.5 Å². The minimum atomic E-state index is -0.705. The Balaban J connectivity index is 0.00000560. The first-order valence-corrected chi connectivity index (χ1v) is 14.9. The predicted octanol–water partition coefficient (Wildman–Crippen LogP) is 4.86. The van der Waals surface area contributed by atoms with Gasteiger partial charge in [-0.2, -0.15) is 0 Å². The van der Waals surface area contributed by atoms with Gasteiger partial charge in [-0.3, -0.25) is 14.4 Å². The first-order chi connectivity index (χ1) is 18.8. The molecule has 8 heteroatoms. The fraction of sp³-hybridized carbons (Fsp3) is 0.594. The van der Waals surface area contributed by atoms with E-state index in [2.05, 4.69) is 54.1 Å². The van der Waals surface area contributed by atoms with Crippen LogP contribution >= 0.6 is 12.4 Å². The maximum Gasteiger partial charge on any atom is 0.243 e. The Hall–Kier alpha value is -2.64. The van der Waals surface area contributed by atoms with Crippen LogP contribution in [0.25, 0.3) is 10.8 Å². The molecule has 0 aliphatic carbocycles. The molecule has 3 amide bonds. The summed E-state index contributed by atoms with van der Waals surface area (Å²) in [6, 6.07) is 13.1. The van der Waals surface area contributed by atoms with Gasteiger partial charge in [-0.1, -0.05) is 70.2 Å². The molecular weight excluding hydrogens is 524 g/mol. The van der Waals surface area contributed by atoms with Crippen LogP contribution in [-0.4, -0.2) is 60.9 Å². The zero-order valence-corrected chi connectivity index (χ0v) is 25.5. The summed E-state index contributed by atoms with van der Waals surface area (Å²) in [6.07, 6.45) is 5.20. The van der Waals surface area contributed by atoms with Crippen molar-refractivity contribution >= 4 is 40.9 Å². The zero-order chi connectivity index (χ0) is 28.2. The van der Waals surface area contributed by atoms with Crippen molar-refractivity contribution in [3.63, 3.8) is 0 Å². The summed E-state index contributed by atoms with van der Waals surface area (Å²) in [5.74, 6) is 0.197. The molecule has 0 radical (unpaired) electrons. The van der Waals surface area contributed by atoms with E-state index in [9.17, 15) is 14.4 Å². The molecule has 1 unspecified atom stereocenters. The number of fused-ring (bicyclic) bond motifs is 1. The molecule has 2 atom stereocenters. The van der Waals surface area contributed by atoms with E-state index < -0.39 is 12.1 Å². The molecule has 1 heterocycles. The SMILES string of the molecule is CCC(CC)C(=O)N1CCCC1C(=O)N[C@H](Cc1ccc2ccccc2c1)C(=O)NCCCCNCC(C)C.Cl. The Morgan fingerprint density at radius 1 is 0.975 bits per heavy atom. The molecule has 0 saturated carbocycles. The van der Waals surface area contributed by atoms with Gasteiger partial charge in [-0.05, 0) is 73.9 Å². The van der Waals surface area contributed by atoms with Crippen molar-refractivity contribution in [1.82, 2.24) is 20.9 Å². The summed E-state index contributed by atoms with van der Waals surface area (Å²) in [4.78, 5) is 41.7. The number of carbonyl (C=O) groups excluding carboxylic acids is 3. The summed E-state index contributed by atoms with van der Waals surface area (Å²) in [5, 5.41) is 11.7. The number of hydrogen-bond donors (Lipinski definition) is 3. The van der Waals surface area contributed by atoms with Crippen molar-refractivity contribution in [3.05, 3.63) is 48.0 Å². The first kappa shape index (κ1) is 33.6. The molecule has 1 fully saturated rings. The molecule has 0 bridgehead atoms. The van der Waals surface area contributed by atoms with Gasteiger partial charge in [0.15, 0.2) is 0 Å². The minimum Gasteiger partial charge on any atom is -0.354 e. The molecule has 2 aromatic rings. The lowest BCUT2D eigenvalue weighted by Gasteiger charge is -2.29. The van der Waals surface area contributed by atoms with Crippen LogP contribution in [0.2, 0.25) is 0 Å². The number of likely N-dealkylation sites (tertiary alicyclic amines) is 1. The van der Waals surface area contributed by atoms with Crippen molar-refractivity contribution in [3.8, 4) is 0 Å². The van der Waals surface area contributed by atoms with Gasteiger partial charge in [0, 0.05) is 25.4 Å². The number of benzene rings is 2. The highest BCUT2D eigenvalue weighted by molar-refractivity contribution is 5.93. The summed E-state index contributed by atoms with van der Waals surface area (Å²) in [5.41, 5.74) is 0.989. The molecule has 1 aliphatic rings. The summed E-state index contributed by atoms with van der Waals surface area (Å²) < 4.78 is 0. The van der Waals surface area contributed by atoms with Gasteiger partial charge in [0.2, 0.25) is 17.7 Å². The monoisotopic (exact) mass is 572 g/mol. The number of unbranched alkanes of at least 4 members (excludes halogenated alkanes) is 1. The van der Waals surface area contributed by atoms with Crippen molar-refractivity contribution in [2.45, 2.75) is 84.7 Å². The molecule has 0 spiro atoms. The maximum absolute atomic E-state index is 13.5. The summed E-state index contributed by atoms with van der Waals surface area (Å²) in [7, 11) is 0. The number of rotatable bonds is 15. The van der Waals surface area contributed by atoms with Crippen LogP contribution in [0.4, 0.5) is 0 Å². The van der Waals surface area contributed by atoms with Crippen LogP contribution in [0.15, 0.2) is 42.5 Å². The van der Waals surface area contributed by atoms with E-state index in [0.29, 0.717) is 31.8 Å². The van der Waals surface area contributed by atoms with Crippen LogP contribution in [0.1, 0.15) is 71.8 Å². The van der Waals surface area contributed by atoms with E-state index >= 15 is 0 Å². The number of hydrogen-bond acceptors (Lipinski definition) is 4. The van der Waals surface area contributed by atoms with E-state index in [1.54, 1.807) is 4.90 Å². The van der Waals surface area contributed by atoms with Crippen molar-refractivity contribution in [2.75, 3.05) is 26.2 Å². The lowest BCUT2D eigenvalue weighted by molar-refractivity contribution is -0.142. The van der Waals surface area contributed by atoms with Gasteiger partial charge in [0.25, 0.3) is 0 Å². The molecule has 2 aromatic carbocycles. The molecule has 3 N–H and O–H groups in total.